The van der Waals surface area contributed by atoms with Crippen molar-refractivity contribution in [2.45, 2.75) is 78.5 Å². The number of nitrogens with zero attached hydrogens (tertiary/aromatic N) is 1. The lowest BCUT2D eigenvalue weighted by atomic mass is 9.59. The number of Topliss-reactive ketones (excluding diaryl/α,β-unsaturated/α-hetero) is 1. The lowest BCUT2D eigenvalue weighted by molar-refractivity contribution is -0.302. The van der Waals surface area contributed by atoms with E-state index in [9.17, 15) is 14.7 Å². The van der Waals surface area contributed by atoms with Gasteiger partial charge in [-0.3, -0.25) is 4.79 Å². The quantitative estimate of drug-likeness (QED) is 0.398. The fraction of sp³-hybridized carbons (Fsp3) is 0.588. The summed E-state index contributed by atoms with van der Waals surface area (Å²) in [6.45, 7) is 14.2. The summed E-state index contributed by atoms with van der Waals surface area (Å²) in [5.74, 6) is -1.47. The fourth-order valence-corrected chi connectivity index (χ4v) is 9.24. The Morgan fingerprint density at radius 2 is 1.85 bits per heavy atom. The summed E-state index contributed by atoms with van der Waals surface area (Å²) in [6, 6.07) is 7.74. The number of para-hydroxylation sites is 1. The molecule has 5 aliphatic rings. The van der Waals surface area contributed by atoms with Gasteiger partial charge in [0.25, 0.3) is 0 Å². The van der Waals surface area contributed by atoms with Gasteiger partial charge >= 0.3 is 5.97 Å². The van der Waals surface area contributed by atoms with Crippen LogP contribution >= 0.6 is 0 Å². The van der Waals surface area contributed by atoms with Crippen LogP contribution < -0.4 is 0 Å². The van der Waals surface area contributed by atoms with Crippen molar-refractivity contribution in [3.05, 3.63) is 58.8 Å². The first kappa shape index (κ1) is 27.1. The minimum Gasteiger partial charge on any atom is -0.451 e. The van der Waals surface area contributed by atoms with Crippen molar-refractivity contribution >= 4 is 22.7 Å². The summed E-state index contributed by atoms with van der Waals surface area (Å²) in [6.07, 6.45) is 2.83. The second-order valence-corrected chi connectivity index (χ2v) is 14.3. The molecule has 1 spiro atoms. The van der Waals surface area contributed by atoms with Gasteiger partial charge < -0.3 is 23.9 Å². The molecule has 4 aliphatic carbocycles. The number of ether oxygens (including phenoxy) is 3. The van der Waals surface area contributed by atoms with Gasteiger partial charge in [0.1, 0.15) is 6.10 Å². The average Bonchev–Trinajstić information content (AvgIpc) is 3.28. The van der Waals surface area contributed by atoms with Gasteiger partial charge in [0, 0.05) is 29.6 Å². The number of aromatic nitrogens is 1. The second-order valence-electron chi connectivity index (χ2n) is 14.3. The summed E-state index contributed by atoms with van der Waals surface area (Å²) < 4.78 is 21.0. The number of esters is 1. The van der Waals surface area contributed by atoms with E-state index < -0.39 is 35.0 Å². The van der Waals surface area contributed by atoms with Crippen LogP contribution in [0.25, 0.3) is 10.9 Å². The van der Waals surface area contributed by atoms with Crippen LogP contribution in [0.4, 0.5) is 0 Å². The Morgan fingerprint density at radius 1 is 1.15 bits per heavy atom. The Hall–Kier alpha value is -2.74. The third-order valence-corrected chi connectivity index (χ3v) is 11.5. The molecule has 0 unspecified atom stereocenters. The van der Waals surface area contributed by atoms with Crippen LogP contribution in [0.2, 0.25) is 0 Å². The molecule has 7 nitrogen and oxygen atoms in total. The fourth-order valence-electron chi connectivity index (χ4n) is 9.24. The molecule has 1 N–H and O–H groups in total. The molecule has 8 atom stereocenters. The van der Waals surface area contributed by atoms with Gasteiger partial charge in [-0.05, 0) is 74.5 Å². The molecular weight excluding hydrogens is 518 g/mol. The van der Waals surface area contributed by atoms with Crippen molar-refractivity contribution in [1.29, 1.82) is 0 Å². The van der Waals surface area contributed by atoms with E-state index in [1.807, 2.05) is 75.7 Å². The summed E-state index contributed by atoms with van der Waals surface area (Å²) in [5.41, 5.74) is 0.565. The second kappa shape index (κ2) is 8.21. The molecule has 218 valence electrons. The monoisotopic (exact) mass is 559 g/mol. The molecule has 1 saturated heterocycles. The molecule has 41 heavy (non-hydrogen) atoms. The summed E-state index contributed by atoms with van der Waals surface area (Å²) in [7, 11) is 1.93. The van der Waals surface area contributed by atoms with Gasteiger partial charge in [0.2, 0.25) is 0 Å². The van der Waals surface area contributed by atoms with Crippen LogP contribution in [-0.2, 0) is 26.1 Å². The van der Waals surface area contributed by atoms with E-state index in [-0.39, 0.29) is 35.6 Å². The lowest BCUT2D eigenvalue weighted by Crippen LogP contribution is -2.68. The van der Waals surface area contributed by atoms with Crippen molar-refractivity contribution in [1.82, 2.24) is 4.57 Å². The Kier molecular flexibility index (Phi) is 5.43. The highest BCUT2D eigenvalue weighted by atomic mass is 16.7. The van der Waals surface area contributed by atoms with Gasteiger partial charge in [-0.25, -0.2) is 4.79 Å². The van der Waals surface area contributed by atoms with Crippen LogP contribution in [0.1, 0.15) is 64.0 Å². The molecule has 1 aromatic heterocycles. The van der Waals surface area contributed by atoms with Crippen molar-refractivity contribution < 1.29 is 28.9 Å². The van der Waals surface area contributed by atoms with Gasteiger partial charge in [-0.15, -0.1) is 0 Å². The molecule has 7 rings (SSSR count). The minimum atomic E-state index is -1.83. The van der Waals surface area contributed by atoms with E-state index in [4.69, 9.17) is 14.2 Å². The topological polar surface area (TPSA) is 87.0 Å². The molecule has 2 heterocycles. The zero-order valence-electron chi connectivity index (χ0n) is 25.3. The number of hydrogen-bond donors (Lipinski definition) is 1. The number of aryl methyl sites for hydroxylation is 1. The third-order valence-electron chi connectivity index (χ3n) is 11.5. The zero-order valence-corrected chi connectivity index (χ0v) is 25.3. The predicted molar refractivity (Wildman–Crippen MR) is 154 cm³/mol. The van der Waals surface area contributed by atoms with Crippen molar-refractivity contribution in [3.8, 4) is 0 Å². The molecule has 2 bridgehead atoms. The molecule has 2 saturated carbocycles. The number of hydrogen-bond acceptors (Lipinski definition) is 6. The number of allylic oxidation sites excluding steroid dienone is 1. The predicted octanol–water partition coefficient (Wildman–Crippen LogP) is 5.28. The van der Waals surface area contributed by atoms with Crippen LogP contribution in [0.5, 0.6) is 0 Å². The number of fused-ring (bicyclic) bond motifs is 6. The molecule has 0 amide bonds. The first-order valence-corrected chi connectivity index (χ1v) is 14.9. The minimum absolute atomic E-state index is 0.00752. The number of aliphatic hydroxyl groups is 1. The molecular formula is C34H41NO6. The third kappa shape index (κ3) is 3.26. The highest BCUT2D eigenvalue weighted by molar-refractivity contribution is 6.06. The molecule has 0 radical (unpaired) electrons. The standard InChI is InChI=1S/C34H41NO6/c1-17-15-33-18(2)13-23-26(31(23,4)5)22(27(33)36)14-20-16-39-32(6,7)41-29(20)34(33,38)28(17)40-30(37)25-19(3)35(8)24-12-10-9-11-21(24)25/h9-12,14-15,18,22-23,26,28-29,38H,13,16H2,1-8H3/t18-,22+,23-,26+,28+,29-,33+,34-/m1/s1. The number of carbonyl (C=O) groups is 2. The van der Waals surface area contributed by atoms with Crippen LogP contribution in [0, 0.1) is 41.4 Å². The Bertz CT molecular complexity index is 1580. The van der Waals surface area contributed by atoms with Crippen molar-refractivity contribution in [2.75, 3.05) is 6.61 Å². The maximum absolute atomic E-state index is 14.9. The summed E-state index contributed by atoms with van der Waals surface area (Å²) >= 11 is 0. The highest BCUT2D eigenvalue weighted by Crippen LogP contribution is 2.72. The maximum Gasteiger partial charge on any atom is 0.341 e. The normalized spacial score (nSPS) is 40.0. The number of benzene rings is 1. The van der Waals surface area contributed by atoms with E-state index in [2.05, 4.69) is 20.8 Å². The first-order valence-electron chi connectivity index (χ1n) is 14.9. The Labute approximate surface area is 241 Å². The van der Waals surface area contributed by atoms with E-state index in [1.54, 1.807) is 0 Å². The molecule has 1 aliphatic heterocycles. The number of carbonyl (C=O) groups excluding carboxylic acids is 2. The van der Waals surface area contributed by atoms with Gasteiger partial charge in [0.15, 0.2) is 23.3 Å². The molecule has 3 fully saturated rings. The first-order chi connectivity index (χ1) is 19.2. The molecule has 7 heteroatoms. The average molecular weight is 560 g/mol. The summed E-state index contributed by atoms with van der Waals surface area (Å²) in [5, 5.41) is 14.1. The van der Waals surface area contributed by atoms with Crippen LogP contribution in [0.15, 0.2) is 47.6 Å². The Morgan fingerprint density at radius 3 is 2.59 bits per heavy atom. The van der Waals surface area contributed by atoms with E-state index >= 15 is 0 Å². The molecule has 2 aromatic rings. The van der Waals surface area contributed by atoms with Crippen molar-refractivity contribution in [2.24, 2.45) is 41.5 Å². The number of ketones is 1. The largest absolute Gasteiger partial charge is 0.451 e. The Balaban J connectivity index is 1.39. The van der Waals surface area contributed by atoms with Gasteiger partial charge in [-0.2, -0.15) is 0 Å². The zero-order chi connectivity index (χ0) is 29.4. The smallest absolute Gasteiger partial charge is 0.341 e. The van der Waals surface area contributed by atoms with Crippen LogP contribution in [-0.4, -0.2) is 51.6 Å². The van der Waals surface area contributed by atoms with Gasteiger partial charge in [-0.1, -0.05) is 51.1 Å². The summed E-state index contributed by atoms with van der Waals surface area (Å²) in [4.78, 5) is 29.0. The SMILES string of the molecule is CC1=C[C@]23C(=O)[C@@H](C=C4COC(C)(C)O[C@H]4[C@]2(O)[C@H]1OC(=O)c1c(C)n(C)c2ccccc12)[C@H]1[C@@H](C[C@H]3C)C1(C)C. The molecule has 1 aromatic carbocycles. The maximum atomic E-state index is 14.9. The van der Waals surface area contributed by atoms with E-state index in [0.717, 1.165) is 28.6 Å². The number of rotatable bonds is 2. The van der Waals surface area contributed by atoms with E-state index in [1.165, 1.54) is 0 Å². The van der Waals surface area contributed by atoms with Gasteiger partial charge in [0.05, 0.1) is 17.6 Å². The lowest BCUT2D eigenvalue weighted by Gasteiger charge is -2.52. The van der Waals surface area contributed by atoms with E-state index in [0.29, 0.717) is 17.1 Å². The highest BCUT2D eigenvalue weighted by Gasteiger charge is 2.77. The van der Waals surface area contributed by atoms with Crippen LogP contribution in [0.3, 0.4) is 0 Å². The van der Waals surface area contributed by atoms with Crippen molar-refractivity contribution in [3.63, 3.8) is 0 Å².